The fourth-order valence-electron chi connectivity index (χ4n) is 1.42. The monoisotopic (exact) mass is 296 g/mol. The lowest BCUT2D eigenvalue weighted by atomic mass is 10.3. The lowest BCUT2D eigenvalue weighted by molar-refractivity contribution is 0.0506. The minimum absolute atomic E-state index is 0.222. The molecule has 1 heterocycles. The van der Waals surface area contributed by atoms with Gasteiger partial charge in [-0.3, -0.25) is 0 Å². The lowest BCUT2D eigenvalue weighted by Gasteiger charge is -2.09. The molecular weight excluding hydrogens is 284 g/mol. The number of benzene rings is 1. The van der Waals surface area contributed by atoms with Gasteiger partial charge in [0, 0.05) is 19.4 Å². The van der Waals surface area contributed by atoms with Gasteiger partial charge in [0.2, 0.25) is 0 Å². The molecule has 0 aliphatic heterocycles. The maximum atomic E-state index is 5.44. The summed E-state index contributed by atoms with van der Waals surface area (Å²) in [6.07, 6.45) is 3.78. The van der Waals surface area contributed by atoms with Gasteiger partial charge in [0.25, 0.3) is 0 Å². The van der Waals surface area contributed by atoms with E-state index in [0.717, 1.165) is 21.5 Å². The highest BCUT2D eigenvalue weighted by atomic mass is 79.9. The first-order chi connectivity index (χ1) is 8.20. The molecule has 5 heteroatoms. The Balaban J connectivity index is 2.30. The molecule has 0 saturated carbocycles. The summed E-state index contributed by atoms with van der Waals surface area (Å²) >= 11 is 3.43. The smallest absolute Gasteiger partial charge is 0.188 e. The topological polar surface area (TPSA) is 36.3 Å². The zero-order chi connectivity index (χ0) is 12.3. The van der Waals surface area contributed by atoms with Crippen LogP contribution in [0.25, 0.3) is 5.69 Å². The average molecular weight is 297 g/mol. The second kappa shape index (κ2) is 5.33. The van der Waals surface area contributed by atoms with Crippen molar-refractivity contribution in [2.24, 2.45) is 0 Å². The molecule has 1 aromatic heterocycles. The third-order valence-electron chi connectivity index (χ3n) is 2.22. The maximum absolute atomic E-state index is 5.44. The highest BCUT2D eigenvalue weighted by Gasteiger charge is 2.05. The molecule has 0 fully saturated rings. The molecule has 0 spiro atoms. The minimum atomic E-state index is 0.222. The second-order valence-corrected chi connectivity index (χ2v) is 4.48. The van der Waals surface area contributed by atoms with E-state index in [1.165, 1.54) is 0 Å². The van der Waals surface area contributed by atoms with Gasteiger partial charge in [-0.15, -0.1) is 0 Å². The van der Waals surface area contributed by atoms with Gasteiger partial charge < -0.3 is 9.47 Å². The van der Waals surface area contributed by atoms with Crippen molar-refractivity contribution in [3.05, 3.63) is 40.6 Å². The first kappa shape index (κ1) is 12.1. The number of aromatic nitrogens is 2. The number of rotatable bonds is 4. The van der Waals surface area contributed by atoms with Crippen LogP contribution in [0.5, 0.6) is 5.75 Å². The Morgan fingerprint density at radius 1 is 1.41 bits per heavy atom. The predicted octanol–water partition coefficient (Wildman–Crippen LogP) is 2.93. The quantitative estimate of drug-likeness (QED) is 0.814. The van der Waals surface area contributed by atoms with Crippen LogP contribution in [0.3, 0.4) is 0 Å². The lowest BCUT2D eigenvalue weighted by Crippen LogP contribution is -2.01. The van der Waals surface area contributed by atoms with Crippen LogP contribution >= 0.6 is 15.9 Å². The molecule has 0 N–H and O–H groups in total. The Labute approximate surface area is 108 Å². The summed E-state index contributed by atoms with van der Waals surface area (Å²) in [5.74, 6) is 0.734. The number of aryl methyl sites for hydroxylation is 1. The van der Waals surface area contributed by atoms with Crippen LogP contribution in [0.1, 0.15) is 5.56 Å². The van der Waals surface area contributed by atoms with Gasteiger partial charge in [-0.1, -0.05) is 0 Å². The minimum Gasteiger partial charge on any atom is -0.466 e. The van der Waals surface area contributed by atoms with Crippen LogP contribution < -0.4 is 4.74 Å². The fourth-order valence-corrected chi connectivity index (χ4v) is 1.78. The van der Waals surface area contributed by atoms with Crippen molar-refractivity contribution in [2.75, 3.05) is 13.9 Å². The van der Waals surface area contributed by atoms with E-state index in [1.54, 1.807) is 11.8 Å². The van der Waals surface area contributed by atoms with Crippen molar-refractivity contribution >= 4 is 15.9 Å². The van der Waals surface area contributed by atoms with Crippen LogP contribution in [0.15, 0.2) is 35.1 Å². The molecule has 0 aliphatic rings. The normalized spacial score (nSPS) is 10.5. The summed E-state index contributed by atoms with van der Waals surface area (Å²) in [6.45, 7) is 2.23. The van der Waals surface area contributed by atoms with Gasteiger partial charge >= 0.3 is 0 Å². The van der Waals surface area contributed by atoms with Crippen LogP contribution in [-0.4, -0.2) is 23.7 Å². The summed E-state index contributed by atoms with van der Waals surface area (Å²) in [5, 5.41) is 4.25. The summed E-state index contributed by atoms with van der Waals surface area (Å²) < 4.78 is 13.0. The molecule has 17 heavy (non-hydrogen) atoms. The van der Waals surface area contributed by atoms with Gasteiger partial charge in [-0.2, -0.15) is 5.10 Å². The molecule has 0 atom stereocenters. The molecule has 0 saturated heterocycles. The molecule has 2 aromatic rings. The van der Waals surface area contributed by atoms with Crippen LogP contribution in [0.4, 0.5) is 0 Å². The first-order valence-corrected chi connectivity index (χ1v) is 5.93. The largest absolute Gasteiger partial charge is 0.466 e. The molecule has 0 unspecified atom stereocenters. The van der Waals surface area contributed by atoms with E-state index in [9.17, 15) is 0 Å². The number of hydrogen-bond donors (Lipinski definition) is 0. The Morgan fingerprint density at radius 3 is 2.88 bits per heavy atom. The second-order valence-electron chi connectivity index (χ2n) is 3.63. The molecule has 1 aromatic carbocycles. The highest BCUT2D eigenvalue weighted by Crippen LogP contribution is 2.27. The summed E-state index contributed by atoms with van der Waals surface area (Å²) in [7, 11) is 1.59. The maximum Gasteiger partial charge on any atom is 0.188 e. The predicted molar refractivity (Wildman–Crippen MR) is 68.5 cm³/mol. The van der Waals surface area contributed by atoms with Crippen molar-refractivity contribution in [3.8, 4) is 11.4 Å². The van der Waals surface area contributed by atoms with Crippen LogP contribution in [0.2, 0.25) is 0 Å². The number of nitrogens with zero attached hydrogens (tertiary/aromatic N) is 2. The Kier molecular flexibility index (Phi) is 3.81. The van der Waals surface area contributed by atoms with Gasteiger partial charge in [-0.05, 0) is 40.5 Å². The molecule has 90 valence electrons. The Bertz CT molecular complexity index is 511. The highest BCUT2D eigenvalue weighted by molar-refractivity contribution is 9.10. The van der Waals surface area contributed by atoms with E-state index in [0.29, 0.717) is 0 Å². The third kappa shape index (κ3) is 2.87. The van der Waals surface area contributed by atoms with Gasteiger partial charge in [0.15, 0.2) is 6.79 Å². The molecule has 2 rings (SSSR count). The standard InChI is InChI=1S/C12H13BrN2O2/c1-9-6-14-15(7-9)10-3-4-11(13)12(5-10)17-8-16-2/h3-7H,8H2,1-2H3. The zero-order valence-corrected chi connectivity index (χ0v) is 11.3. The third-order valence-corrected chi connectivity index (χ3v) is 2.88. The molecule has 0 aliphatic carbocycles. The number of halogens is 1. The van der Waals surface area contributed by atoms with E-state index < -0.39 is 0 Å². The SMILES string of the molecule is COCOc1cc(-n2cc(C)cn2)ccc1Br. The van der Waals surface area contributed by atoms with Crippen molar-refractivity contribution in [3.63, 3.8) is 0 Å². The molecule has 0 bridgehead atoms. The van der Waals surface area contributed by atoms with E-state index >= 15 is 0 Å². The van der Waals surface area contributed by atoms with Crippen LogP contribution in [-0.2, 0) is 4.74 Å². The van der Waals surface area contributed by atoms with E-state index in [2.05, 4.69) is 21.0 Å². The van der Waals surface area contributed by atoms with E-state index in [1.807, 2.05) is 37.5 Å². The summed E-state index contributed by atoms with van der Waals surface area (Å²) in [5.41, 5.74) is 2.07. The molecular formula is C12H13BrN2O2. The molecule has 0 amide bonds. The van der Waals surface area contributed by atoms with Gasteiger partial charge in [-0.25, -0.2) is 4.68 Å². The first-order valence-electron chi connectivity index (χ1n) is 5.13. The average Bonchev–Trinajstić information content (AvgIpc) is 2.75. The van der Waals surface area contributed by atoms with Crippen molar-refractivity contribution in [1.82, 2.24) is 9.78 Å². The Hall–Kier alpha value is -1.33. The fraction of sp³-hybridized carbons (Fsp3) is 0.250. The van der Waals surface area contributed by atoms with Crippen LogP contribution in [0, 0.1) is 6.92 Å². The number of methoxy groups -OCH3 is 1. The van der Waals surface area contributed by atoms with E-state index in [4.69, 9.17) is 9.47 Å². The van der Waals surface area contributed by atoms with Gasteiger partial charge in [0.1, 0.15) is 5.75 Å². The summed E-state index contributed by atoms with van der Waals surface area (Å²) in [6, 6.07) is 5.81. The zero-order valence-electron chi connectivity index (χ0n) is 9.68. The Morgan fingerprint density at radius 2 is 2.24 bits per heavy atom. The summed E-state index contributed by atoms with van der Waals surface area (Å²) in [4.78, 5) is 0. The molecule has 0 radical (unpaired) electrons. The van der Waals surface area contributed by atoms with E-state index in [-0.39, 0.29) is 6.79 Å². The number of hydrogen-bond acceptors (Lipinski definition) is 3. The van der Waals surface area contributed by atoms with Crippen molar-refractivity contribution < 1.29 is 9.47 Å². The molecule has 4 nitrogen and oxygen atoms in total. The number of ether oxygens (including phenoxy) is 2. The van der Waals surface area contributed by atoms with Gasteiger partial charge in [0.05, 0.1) is 16.4 Å². The van der Waals surface area contributed by atoms with Crippen molar-refractivity contribution in [2.45, 2.75) is 6.92 Å². The van der Waals surface area contributed by atoms with Crippen molar-refractivity contribution in [1.29, 1.82) is 0 Å².